The average Bonchev–Trinajstić information content (AvgIpc) is 2.72. The fraction of sp³-hybridized carbons (Fsp3) is 0.364. The first kappa shape index (κ1) is 21.4. The number of anilines is 1. The molecule has 2 rings (SSSR count). The minimum Gasteiger partial charge on any atom is -0.497 e. The molecule has 2 aromatic rings. The molecule has 0 bridgehead atoms. The van der Waals surface area contributed by atoms with E-state index in [0.29, 0.717) is 22.6 Å². The van der Waals surface area contributed by atoms with Gasteiger partial charge in [0.2, 0.25) is 5.91 Å². The number of ketones is 1. The monoisotopic (exact) mass is 386 g/mol. The standard InChI is InChI=1S/C22H27FN2O3/c1-4-25(5-2)20-11-6-16(14-19(20)23)15-24-22(27)13-12-21(26)17-7-9-18(28-3)10-8-17/h6-11,14H,4-5,12-13,15H2,1-3H3,(H,24,27). The van der Waals surface area contributed by atoms with Gasteiger partial charge in [-0.2, -0.15) is 0 Å². The molecule has 150 valence electrons. The Labute approximate surface area is 165 Å². The quantitative estimate of drug-likeness (QED) is 0.628. The number of benzene rings is 2. The third-order valence-corrected chi connectivity index (χ3v) is 4.60. The van der Waals surface area contributed by atoms with Crippen molar-refractivity contribution in [2.24, 2.45) is 0 Å². The Bertz CT molecular complexity index is 802. The van der Waals surface area contributed by atoms with Crippen LogP contribution in [-0.4, -0.2) is 31.9 Å². The summed E-state index contributed by atoms with van der Waals surface area (Å²) in [6.45, 7) is 5.64. The maximum Gasteiger partial charge on any atom is 0.220 e. The van der Waals surface area contributed by atoms with Crippen LogP contribution in [-0.2, 0) is 11.3 Å². The molecule has 6 heteroatoms. The third kappa shape index (κ3) is 5.81. The van der Waals surface area contributed by atoms with Crippen molar-refractivity contribution in [3.8, 4) is 5.75 Å². The number of amides is 1. The minimum absolute atomic E-state index is 0.0882. The Morgan fingerprint density at radius 2 is 1.71 bits per heavy atom. The lowest BCUT2D eigenvalue weighted by Gasteiger charge is -2.22. The van der Waals surface area contributed by atoms with E-state index in [1.807, 2.05) is 18.7 Å². The summed E-state index contributed by atoms with van der Waals surface area (Å²) < 4.78 is 19.3. The van der Waals surface area contributed by atoms with Crippen LogP contribution in [0.4, 0.5) is 10.1 Å². The summed E-state index contributed by atoms with van der Waals surface area (Å²) in [6, 6.07) is 11.8. The maximum atomic E-state index is 14.3. The fourth-order valence-electron chi connectivity index (χ4n) is 2.92. The van der Waals surface area contributed by atoms with Crippen molar-refractivity contribution < 1.29 is 18.7 Å². The molecule has 0 fully saturated rings. The number of Topliss-reactive ketones (excluding diaryl/α,β-unsaturated/α-hetero) is 1. The molecule has 0 aliphatic carbocycles. The van der Waals surface area contributed by atoms with Crippen LogP contribution in [0.15, 0.2) is 42.5 Å². The van der Waals surface area contributed by atoms with Gasteiger partial charge in [-0.1, -0.05) is 6.07 Å². The largest absolute Gasteiger partial charge is 0.497 e. The van der Waals surface area contributed by atoms with Crippen molar-refractivity contribution in [1.82, 2.24) is 5.32 Å². The van der Waals surface area contributed by atoms with Crippen molar-refractivity contribution in [2.45, 2.75) is 33.2 Å². The van der Waals surface area contributed by atoms with E-state index >= 15 is 0 Å². The lowest BCUT2D eigenvalue weighted by molar-refractivity contribution is -0.121. The number of carbonyl (C=O) groups is 2. The Morgan fingerprint density at radius 1 is 1.04 bits per heavy atom. The van der Waals surface area contributed by atoms with Gasteiger partial charge in [0.1, 0.15) is 11.6 Å². The number of rotatable bonds is 10. The molecule has 5 nitrogen and oxygen atoms in total. The Kier molecular flexibility index (Phi) is 7.99. The SMILES string of the molecule is CCN(CC)c1ccc(CNC(=O)CCC(=O)c2ccc(OC)cc2)cc1F. The third-order valence-electron chi connectivity index (χ3n) is 4.60. The molecule has 0 unspecified atom stereocenters. The number of nitrogens with one attached hydrogen (secondary N) is 1. The smallest absolute Gasteiger partial charge is 0.220 e. The molecule has 0 radical (unpaired) electrons. The van der Waals surface area contributed by atoms with E-state index in [1.165, 1.54) is 6.07 Å². The van der Waals surface area contributed by atoms with Crippen LogP contribution in [0.5, 0.6) is 5.75 Å². The molecule has 28 heavy (non-hydrogen) atoms. The first-order chi connectivity index (χ1) is 13.5. The predicted octanol–water partition coefficient (Wildman–Crippen LogP) is 3.96. The van der Waals surface area contributed by atoms with Crippen molar-refractivity contribution in [1.29, 1.82) is 0 Å². The Hall–Kier alpha value is -2.89. The van der Waals surface area contributed by atoms with E-state index in [2.05, 4.69) is 5.32 Å². The molecular formula is C22H27FN2O3. The number of ether oxygens (including phenoxy) is 1. The van der Waals surface area contributed by atoms with E-state index in [-0.39, 0.29) is 36.9 Å². The summed E-state index contributed by atoms with van der Waals surface area (Å²) in [5, 5.41) is 2.74. The molecule has 1 amide bonds. The van der Waals surface area contributed by atoms with E-state index < -0.39 is 0 Å². The van der Waals surface area contributed by atoms with Crippen LogP contribution < -0.4 is 15.0 Å². The second kappa shape index (κ2) is 10.4. The highest BCUT2D eigenvalue weighted by atomic mass is 19.1. The summed E-state index contributed by atoms with van der Waals surface area (Å²) in [7, 11) is 1.56. The van der Waals surface area contributed by atoms with E-state index in [0.717, 1.165) is 13.1 Å². The maximum absolute atomic E-state index is 14.3. The van der Waals surface area contributed by atoms with Gasteiger partial charge in [0.15, 0.2) is 5.78 Å². The minimum atomic E-state index is -0.301. The Balaban J connectivity index is 1.83. The van der Waals surface area contributed by atoms with Crippen molar-refractivity contribution >= 4 is 17.4 Å². The van der Waals surface area contributed by atoms with E-state index in [9.17, 15) is 14.0 Å². The van der Waals surface area contributed by atoms with Crippen molar-refractivity contribution in [3.05, 3.63) is 59.4 Å². The molecular weight excluding hydrogens is 359 g/mol. The van der Waals surface area contributed by atoms with Gasteiger partial charge in [0.25, 0.3) is 0 Å². The van der Waals surface area contributed by atoms with Gasteiger partial charge in [0.05, 0.1) is 12.8 Å². The number of halogens is 1. The van der Waals surface area contributed by atoms with Crippen LogP contribution in [0.25, 0.3) is 0 Å². The number of methoxy groups -OCH3 is 1. The van der Waals surface area contributed by atoms with Crippen LogP contribution >= 0.6 is 0 Å². The summed E-state index contributed by atoms with van der Waals surface area (Å²) >= 11 is 0. The topological polar surface area (TPSA) is 58.6 Å². The summed E-state index contributed by atoms with van der Waals surface area (Å²) in [6.07, 6.45) is 0.207. The van der Waals surface area contributed by atoms with Crippen LogP contribution in [0.1, 0.15) is 42.6 Å². The summed E-state index contributed by atoms with van der Waals surface area (Å²) in [5.74, 6) is 0.0289. The molecule has 0 aliphatic heterocycles. The van der Waals surface area contributed by atoms with Gasteiger partial charge in [-0.3, -0.25) is 9.59 Å². The molecule has 0 saturated heterocycles. The summed E-state index contributed by atoms with van der Waals surface area (Å²) in [5.41, 5.74) is 1.79. The molecule has 1 N–H and O–H groups in total. The van der Waals surface area contributed by atoms with Gasteiger partial charge >= 0.3 is 0 Å². The number of hydrogen-bond acceptors (Lipinski definition) is 4. The zero-order valence-electron chi connectivity index (χ0n) is 16.6. The van der Waals surface area contributed by atoms with Gasteiger partial charge in [-0.25, -0.2) is 4.39 Å². The molecule has 0 spiro atoms. The first-order valence-electron chi connectivity index (χ1n) is 9.45. The normalized spacial score (nSPS) is 10.4. The second-order valence-electron chi connectivity index (χ2n) is 6.39. The van der Waals surface area contributed by atoms with Gasteiger partial charge in [0, 0.05) is 38.0 Å². The van der Waals surface area contributed by atoms with Crippen molar-refractivity contribution in [2.75, 3.05) is 25.1 Å². The molecule has 2 aromatic carbocycles. The van der Waals surface area contributed by atoms with Crippen LogP contribution in [0.2, 0.25) is 0 Å². The molecule has 0 heterocycles. The Morgan fingerprint density at radius 3 is 2.29 bits per heavy atom. The summed E-state index contributed by atoms with van der Waals surface area (Å²) in [4.78, 5) is 26.1. The second-order valence-corrected chi connectivity index (χ2v) is 6.39. The zero-order chi connectivity index (χ0) is 20.5. The van der Waals surface area contributed by atoms with Gasteiger partial charge in [-0.15, -0.1) is 0 Å². The van der Waals surface area contributed by atoms with Crippen LogP contribution in [0.3, 0.4) is 0 Å². The van der Waals surface area contributed by atoms with Crippen LogP contribution in [0, 0.1) is 5.82 Å². The molecule has 0 atom stereocenters. The van der Waals surface area contributed by atoms with Gasteiger partial charge < -0.3 is 15.0 Å². The lowest BCUT2D eigenvalue weighted by Crippen LogP contribution is -2.24. The number of hydrogen-bond donors (Lipinski definition) is 1. The van der Waals surface area contributed by atoms with Gasteiger partial charge in [-0.05, 0) is 55.8 Å². The predicted molar refractivity (Wildman–Crippen MR) is 108 cm³/mol. The highest BCUT2D eigenvalue weighted by Crippen LogP contribution is 2.20. The number of carbonyl (C=O) groups excluding carboxylic acids is 2. The molecule has 0 aliphatic rings. The van der Waals surface area contributed by atoms with E-state index in [1.54, 1.807) is 43.5 Å². The van der Waals surface area contributed by atoms with E-state index in [4.69, 9.17) is 4.74 Å². The first-order valence-corrected chi connectivity index (χ1v) is 9.45. The highest BCUT2D eigenvalue weighted by molar-refractivity contribution is 5.98. The van der Waals surface area contributed by atoms with Crippen molar-refractivity contribution in [3.63, 3.8) is 0 Å². The number of nitrogens with zero attached hydrogens (tertiary/aromatic N) is 1. The fourth-order valence-corrected chi connectivity index (χ4v) is 2.92. The zero-order valence-corrected chi connectivity index (χ0v) is 16.6. The molecule has 0 saturated carbocycles. The highest BCUT2D eigenvalue weighted by Gasteiger charge is 2.11. The lowest BCUT2D eigenvalue weighted by atomic mass is 10.1. The average molecular weight is 386 g/mol. The molecule has 0 aromatic heterocycles.